The molecule has 0 bridgehead atoms. The lowest BCUT2D eigenvalue weighted by atomic mass is 10.1. The maximum Gasteiger partial charge on any atom is 0.339 e. The van der Waals surface area contributed by atoms with Crippen LogP contribution in [0, 0.1) is 17.0 Å². The lowest BCUT2D eigenvalue weighted by Crippen LogP contribution is -2.30. The van der Waals surface area contributed by atoms with Gasteiger partial charge in [0.1, 0.15) is 0 Å². The molecule has 0 saturated heterocycles. The number of amides is 1. The zero-order valence-corrected chi connectivity index (χ0v) is 19.5. The van der Waals surface area contributed by atoms with Crippen molar-refractivity contribution >= 4 is 52.1 Å². The minimum atomic E-state index is -1.16. The molecule has 1 atom stereocenters. The van der Waals surface area contributed by atoms with E-state index in [1.807, 2.05) is 12.3 Å². The molecule has 0 fully saturated rings. The number of aryl methyl sites for hydroxylation is 1. The summed E-state index contributed by atoms with van der Waals surface area (Å²) in [5.41, 5.74) is 1.44. The second-order valence-electron chi connectivity index (χ2n) is 6.97. The molecule has 11 heteroatoms. The van der Waals surface area contributed by atoms with Crippen molar-refractivity contribution < 1.29 is 24.0 Å². The average Bonchev–Trinajstić information content (AvgIpc) is 3.18. The number of carbonyl (C=O) groups excluding carboxylic acids is 3. The van der Waals surface area contributed by atoms with E-state index < -0.39 is 22.9 Å². The maximum absolute atomic E-state index is 12.5. The van der Waals surface area contributed by atoms with Crippen LogP contribution in [0.1, 0.15) is 40.3 Å². The van der Waals surface area contributed by atoms with Gasteiger partial charge in [0.25, 0.3) is 11.6 Å². The second-order valence-corrected chi connectivity index (χ2v) is 9.11. The van der Waals surface area contributed by atoms with Crippen LogP contribution in [0.25, 0.3) is 0 Å². The van der Waals surface area contributed by atoms with Gasteiger partial charge < -0.3 is 10.1 Å². The molecule has 0 aliphatic rings. The van der Waals surface area contributed by atoms with Gasteiger partial charge in [0.2, 0.25) is 0 Å². The van der Waals surface area contributed by atoms with E-state index in [1.54, 1.807) is 24.3 Å². The topological polar surface area (TPSA) is 128 Å². The van der Waals surface area contributed by atoms with Crippen molar-refractivity contribution in [3.05, 3.63) is 74.8 Å². The lowest BCUT2D eigenvalue weighted by Gasteiger charge is -2.14. The van der Waals surface area contributed by atoms with Gasteiger partial charge in [0.15, 0.2) is 16.2 Å². The number of anilines is 1. The Labute approximate surface area is 197 Å². The highest BCUT2D eigenvalue weighted by Gasteiger charge is 2.23. The SMILES string of the molecule is CC(=O)c1ccc(NC(=O)C(C)OC(=O)c2ccc(Sc3nc(C)cs3)c([N+](=O)[O-])c2)cc1. The molecule has 9 nitrogen and oxygen atoms in total. The normalized spacial score (nSPS) is 11.5. The smallest absolute Gasteiger partial charge is 0.339 e. The number of aromatic nitrogens is 1. The molecule has 0 aliphatic heterocycles. The Morgan fingerprint density at radius 1 is 1.15 bits per heavy atom. The van der Waals surface area contributed by atoms with Crippen LogP contribution in [0.5, 0.6) is 0 Å². The van der Waals surface area contributed by atoms with E-state index in [4.69, 9.17) is 4.74 Å². The number of Topliss-reactive ketones (excluding diaryl/α,β-unsaturated/α-hetero) is 1. The van der Waals surface area contributed by atoms with Crippen LogP contribution in [-0.2, 0) is 9.53 Å². The molecule has 33 heavy (non-hydrogen) atoms. The number of nitrogens with one attached hydrogen (secondary N) is 1. The molecule has 0 aliphatic carbocycles. The first-order valence-electron chi connectivity index (χ1n) is 9.65. The number of esters is 1. The van der Waals surface area contributed by atoms with Crippen LogP contribution in [0.4, 0.5) is 11.4 Å². The van der Waals surface area contributed by atoms with Gasteiger partial charge in [0.05, 0.1) is 15.4 Å². The summed E-state index contributed by atoms with van der Waals surface area (Å²) < 4.78 is 5.83. The van der Waals surface area contributed by atoms with Crippen LogP contribution in [-0.4, -0.2) is 33.7 Å². The maximum atomic E-state index is 12.5. The molecule has 1 heterocycles. The third-order valence-electron chi connectivity index (χ3n) is 4.40. The van der Waals surface area contributed by atoms with Gasteiger partial charge in [-0.15, -0.1) is 11.3 Å². The van der Waals surface area contributed by atoms with Gasteiger partial charge in [-0.3, -0.25) is 19.7 Å². The lowest BCUT2D eigenvalue weighted by molar-refractivity contribution is -0.387. The number of ether oxygens (including phenoxy) is 1. The number of ketones is 1. The number of nitro benzene ring substituents is 1. The van der Waals surface area contributed by atoms with E-state index in [9.17, 15) is 24.5 Å². The highest BCUT2D eigenvalue weighted by Crippen LogP contribution is 2.37. The summed E-state index contributed by atoms with van der Waals surface area (Å²) >= 11 is 2.50. The van der Waals surface area contributed by atoms with E-state index >= 15 is 0 Å². The molecule has 1 amide bonds. The van der Waals surface area contributed by atoms with Crippen LogP contribution in [0.3, 0.4) is 0 Å². The highest BCUT2D eigenvalue weighted by atomic mass is 32.2. The third kappa shape index (κ3) is 6.24. The number of hydrogen-bond acceptors (Lipinski definition) is 9. The number of nitrogens with zero attached hydrogens (tertiary/aromatic N) is 2. The fourth-order valence-electron chi connectivity index (χ4n) is 2.66. The van der Waals surface area contributed by atoms with Crippen LogP contribution in [0.15, 0.2) is 57.1 Å². The Hall–Kier alpha value is -3.57. The fourth-order valence-corrected chi connectivity index (χ4v) is 4.54. The van der Waals surface area contributed by atoms with E-state index in [-0.39, 0.29) is 17.0 Å². The van der Waals surface area contributed by atoms with Crippen molar-refractivity contribution in [1.82, 2.24) is 4.98 Å². The first-order chi connectivity index (χ1) is 15.6. The highest BCUT2D eigenvalue weighted by molar-refractivity contribution is 8.01. The summed E-state index contributed by atoms with van der Waals surface area (Å²) in [6.45, 7) is 4.65. The predicted molar refractivity (Wildman–Crippen MR) is 124 cm³/mol. The molecule has 3 aromatic rings. The number of rotatable bonds is 8. The van der Waals surface area contributed by atoms with Crippen molar-refractivity contribution in [2.75, 3.05) is 5.32 Å². The van der Waals surface area contributed by atoms with E-state index in [2.05, 4.69) is 10.3 Å². The molecule has 2 aromatic carbocycles. The number of carbonyl (C=O) groups is 3. The quantitative estimate of drug-likeness (QED) is 0.206. The van der Waals surface area contributed by atoms with Crippen molar-refractivity contribution in [2.45, 2.75) is 36.1 Å². The Morgan fingerprint density at radius 2 is 1.82 bits per heavy atom. The second kappa shape index (κ2) is 10.4. The minimum Gasteiger partial charge on any atom is -0.449 e. The molecule has 170 valence electrons. The van der Waals surface area contributed by atoms with E-state index in [1.165, 1.54) is 37.3 Å². The van der Waals surface area contributed by atoms with E-state index in [0.717, 1.165) is 23.5 Å². The summed E-state index contributed by atoms with van der Waals surface area (Å²) in [6.07, 6.45) is -1.16. The first-order valence-corrected chi connectivity index (χ1v) is 11.3. The Balaban J connectivity index is 1.68. The minimum absolute atomic E-state index is 0.0492. The largest absolute Gasteiger partial charge is 0.449 e. The molecular weight excluding hydrogens is 466 g/mol. The van der Waals surface area contributed by atoms with Gasteiger partial charge in [-0.2, -0.15) is 0 Å². The molecule has 1 aromatic heterocycles. The van der Waals surface area contributed by atoms with Gasteiger partial charge in [-0.05, 0) is 57.2 Å². The van der Waals surface area contributed by atoms with E-state index in [0.29, 0.717) is 20.5 Å². The monoisotopic (exact) mass is 485 g/mol. The summed E-state index contributed by atoms with van der Waals surface area (Å²) in [5.74, 6) is -1.55. The van der Waals surface area contributed by atoms with Crippen molar-refractivity contribution in [2.24, 2.45) is 0 Å². The zero-order valence-electron chi connectivity index (χ0n) is 17.9. The molecule has 1 N–H and O–H groups in total. The Kier molecular flexibility index (Phi) is 7.56. The molecule has 0 radical (unpaired) electrons. The zero-order chi connectivity index (χ0) is 24.1. The summed E-state index contributed by atoms with van der Waals surface area (Å²) in [4.78, 5) is 51.8. The van der Waals surface area contributed by atoms with Crippen molar-refractivity contribution in [3.8, 4) is 0 Å². The molecule has 3 rings (SSSR count). The molecular formula is C22H19N3O6S2. The molecule has 0 spiro atoms. The predicted octanol–water partition coefficient (Wildman–Crippen LogP) is 4.90. The van der Waals surface area contributed by atoms with Crippen molar-refractivity contribution in [3.63, 3.8) is 0 Å². The number of nitro groups is 1. The summed E-state index contributed by atoms with van der Waals surface area (Å²) in [5, 5.41) is 16.0. The van der Waals surface area contributed by atoms with Gasteiger partial charge in [-0.1, -0.05) is 11.8 Å². The number of thiazole rings is 1. The molecule has 1 unspecified atom stereocenters. The van der Waals surface area contributed by atoms with Gasteiger partial charge >= 0.3 is 5.97 Å². The first kappa shape index (κ1) is 24.1. The summed E-state index contributed by atoms with van der Waals surface area (Å²) in [6, 6.07) is 10.2. The standard InChI is InChI=1S/C22H19N3O6S2/c1-12-11-32-22(23-12)33-19-9-6-16(10-18(19)25(29)30)21(28)31-14(3)20(27)24-17-7-4-15(5-8-17)13(2)26/h4-11,14H,1-3H3,(H,24,27). The van der Waals surface area contributed by atoms with Crippen LogP contribution >= 0.6 is 23.1 Å². The van der Waals surface area contributed by atoms with Crippen molar-refractivity contribution in [1.29, 1.82) is 0 Å². The van der Waals surface area contributed by atoms with Gasteiger partial charge in [0, 0.05) is 28.4 Å². The Bertz CT molecular complexity index is 1220. The van der Waals surface area contributed by atoms with Crippen LogP contribution < -0.4 is 5.32 Å². The Morgan fingerprint density at radius 3 is 2.39 bits per heavy atom. The number of hydrogen-bond donors (Lipinski definition) is 1. The fraction of sp³-hybridized carbons (Fsp3) is 0.182. The van der Waals surface area contributed by atoms with Crippen LogP contribution in [0.2, 0.25) is 0 Å². The third-order valence-corrected chi connectivity index (χ3v) is 6.52. The average molecular weight is 486 g/mol. The van der Waals surface area contributed by atoms with Gasteiger partial charge in [-0.25, -0.2) is 9.78 Å². The number of benzene rings is 2. The molecule has 0 saturated carbocycles. The summed E-state index contributed by atoms with van der Waals surface area (Å²) in [7, 11) is 0.